The van der Waals surface area contributed by atoms with Crippen LogP contribution in [0, 0.1) is 0 Å². The Hall–Kier alpha value is -2.65. The van der Waals surface area contributed by atoms with Crippen LogP contribution in [0.5, 0.6) is 0 Å². The van der Waals surface area contributed by atoms with Crippen molar-refractivity contribution < 1.29 is 31.8 Å². The van der Waals surface area contributed by atoms with Crippen molar-refractivity contribution in [2.75, 3.05) is 13.2 Å². The van der Waals surface area contributed by atoms with Crippen LogP contribution in [0.4, 0.5) is 22.4 Å². The first-order valence-electron chi connectivity index (χ1n) is 10.3. The van der Waals surface area contributed by atoms with Gasteiger partial charge in [-0.25, -0.2) is 9.18 Å². The second-order valence-electron chi connectivity index (χ2n) is 7.97. The number of piperidine rings is 1. The fraction of sp³-hybridized carbons (Fsp3) is 0.435. The number of benzene rings is 2. The molecule has 0 spiro atoms. The predicted octanol–water partition coefficient (Wildman–Crippen LogP) is 5.00. The fourth-order valence-electron chi connectivity index (χ4n) is 3.94. The van der Waals surface area contributed by atoms with Crippen molar-refractivity contribution in [3.05, 3.63) is 70.8 Å². The summed E-state index contributed by atoms with van der Waals surface area (Å²) in [6.07, 6.45) is -5.41. The predicted molar refractivity (Wildman–Crippen MR) is 110 cm³/mol. The second kappa shape index (κ2) is 9.87. The normalized spacial score (nSPS) is 22.3. The van der Waals surface area contributed by atoms with E-state index in [1.165, 1.54) is 6.07 Å². The quantitative estimate of drug-likeness (QED) is 0.578. The molecule has 9 heteroatoms. The van der Waals surface area contributed by atoms with Crippen molar-refractivity contribution in [1.82, 2.24) is 5.32 Å². The van der Waals surface area contributed by atoms with E-state index < -0.39 is 36.2 Å². The van der Waals surface area contributed by atoms with Crippen LogP contribution in [-0.2, 0) is 27.9 Å². The molecule has 1 heterocycles. The number of primary amides is 1. The Kier molecular flexibility index (Phi) is 7.40. The molecule has 1 saturated heterocycles. The van der Waals surface area contributed by atoms with Gasteiger partial charge >= 0.3 is 12.3 Å². The van der Waals surface area contributed by atoms with E-state index in [9.17, 15) is 22.4 Å². The average Bonchev–Trinajstić information content (AvgIpc) is 2.78. The van der Waals surface area contributed by atoms with E-state index in [1.54, 1.807) is 6.92 Å². The van der Waals surface area contributed by atoms with Gasteiger partial charge in [-0.05, 0) is 48.6 Å². The molecule has 3 N–H and O–H groups in total. The number of nitrogens with one attached hydrogen (secondary N) is 1. The third kappa shape index (κ3) is 5.77. The molecular formula is C23H26F4N2O3. The van der Waals surface area contributed by atoms with Gasteiger partial charge in [-0.15, -0.1) is 0 Å². The number of alkyl halides is 4. The van der Waals surface area contributed by atoms with Gasteiger partial charge in [-0.3, -0.25) is 0 Å². The monoisotopic (exact) mass is 454 g/mol. The number of carbonyl (C=O) groups is 1. The summed E-state index contributed by atoms with van der Waals surface area (Å²) in [6.45, 7) is 1.15. The largest absolute Gasteiger partial charge is 0.445 e. The van der Waals surface area contributed by atoms with Gasteiger partial charge in [0.05, 0.1) is 23.8 Å². The van der Waals surface area contributed by atoms with Crippen molar-refractivity contribution in [3.63, 3.8) is 0 Å². The summed E-state index contributed by atoms with van der Waals surface area (Å²) in [5, 5.41) is 3.37. The maximum atomic E-state index is 13.2. The number of halogens is 4. The lowest BCUT2D eigenvalue weighted by molar-refractivity contribution is -0.137. The molecule has 1 aliphatic heterocycles. The lowest BCUT2D eigenvalue weighted by Crippen LogP contribution is -2.54. The van der Waals surface area contributed by atoms with E-state index >= 15 is 0 Å². The Morgan fingerprint density at radius 2 is 1.97 bits per heavy atom. The van der Waals surface area contributed by atoms with Gasteiger partial charge < -0.3 is 20.5 Å². The highest BCUT2D eigenvalue weighted by molar-refractivity contribution is 5.64. The smallest absolute Gasteiger partial charge is 0.416 e. The highest BCUT2D eigenvalue weighted by Gasteiger charge is 2.38. The van der Waals surface area contributed by atoms with Gasteiger partial charge in [-0.1, -0.05) is 36.4 Å². The minimum absolute atomic E-state index is 0.0507. The molecule has 1 fully saturated rings. The molecule has 5 nitrogen and oxygen atoms in total. The molecular weight excluding hydrogens is 428 g/mol. The molecule has 0 bridgehead atoms. The first-order chi connectivity index (χ1) is 15.1. The maximum Gasteiger partial charge on any atom is 0.416 e. The topological polar surface area (TPSA) is 73.6 Å². The number of ether oxygens (including phenoxy) is 2. The number of carbonyl (C=O) groups excluding carboxylic acids is 1. The SMILES string of the molecule is CC(OC[C@@]1(c2ccccc2)CC[C@@H](OC(N)=O)CN1)c1cc(CF)cc(C(F)(F)F)c1. The molecule has 2 aromatic carbocycles. The van der Waals surface area contributed by atoms with Crippen molar-refractivity contribution in [1.29, 1.82) is 0 Å². The molecule has 2 aromatic rings. The number of amides is 1. The van der Waals surface area contributed by atoms with Crippen molar-refractivity contribution in [2.24, 2.45) is 5.73 Å². The number of rotatable bonds is 7. The third-order valence-electron chi connectivity index (χ3n) is 5.72. The van der Waals surface area contributed by atoms with Crippen LogP contribution in [0.2, 0.25) is 0 Å². The number of nitrogens with two attached hydrogens (primary N) is 1. The zero-order valence-electron chi connectivity index (χ0n) is 17.6. The summed E-state index contributed by atoms with van der Waals surface area (Å²) in [5.41, 5.74) is 4.72. The molecule has 3 rings (SSSR count). The van der Waals surface area contributed by atoms with Crippen LogP contribution in [0.1, 0.15) is 48.1 Å². The van der Waals surface area contributed by atoms with Crippen LogP contribution in [-0.4, -0.2) is 25.3 Å². The molecule has 0 radical (unpaired) electrons. The van der Waals surface area contributed by atoms with E-state index in [0.717, 1.165) is 17.7 Å². The van der Waals surface area contributed by atoms with E-state index in [2.05, 4.69) is 5.32 Å². The van der Waals surface area contributed by atoms with Crippen molar-refractivity contribution >= 4 is 6.09 Å². The molecule has 1 unspecified atom stereocenters. The van der Waals surface area contributed by atoms with Gasteiger partial charge in [0.25, 0.3) is 0 Å². The van der Waals surface area contributed by atoms with Gasteiger partial charge in [0.2, 0.25) is 0 Å². The minimum Gasteiger partial charge on any atom is -0.445 e. The van der Waals surface area contributed by atoms with Crippen molar-refractivity contribution in [3.8, 4) is 0 Å². The Bertz CT molecular complexity index is 913. The molecule has 0 aromatic heterocycles. The molecule has 1 amide bonds. The van der Waals surface area contributed by atoms with Gasteiger partial charge in [0, 0.05) is 6.54 Å². The summed E-state index contributed by atoms with van der Waals surface area (Å²) in [6, 6.07) is 12.7. The highest BCUT2D eigenvalue weighted by Crippen LogP contribution is 2.35. The molecule has 3 atom stereocenters. The first-order valence-corrected chi connectivity index (χ1v) is 10.3. The van der Waals surface area contributed by atoms with Crippen LogP contribution < -0.4 is 11.1 Å². The molecule has 0 aliphatic carbocycles. The maximum absolute atomic E-state index is 13.2. The zero-order valence-corrected chi connectivity index (χ0v) is 17.6. The number of hydrogen-bond donors (Lipinski definition) is 2. The van der Waals surface area contributed by atoms with Crippen LogP contribution in [0.25, 0.3) is 0 Å². The van der Waals surface area contributed by atoms with Crippen LogP contribution in [0.3, 0.4) is 0 Å². The van der Waals surface area contributed by atoms with E-state index in [-0.39, 0.29) is 23.8 Å². The molecule has 32 heavy (non-hydrogen) atoms. The summed E-state index contributed by atoms with van der Waals surface area (Å²) in [5.74, 6) is 0. The van der Waals surface area contributed by atoms with E-state index in [0.29, 0.717) is 19.4 Å². The zero-order chi connectivity index (χ0) is 23.4. The second-order valence-corrected chi connectivity index (χ2v) is 7.97. The fourth-order valence-corrected chi connectivity index (χ4v) is 3.94. The van der Waals surface area contributed by atoms with E-state index in [4.69, 9.17) is 15.2 Å². The summed E-state index contributed by atoms with van der Waals surface area (Å²) in [4.78, 5) is 11.1. The van der Waals surface area contributed by atoms with Crippen LogP contribution in [0.15, 0.2) is 48.5 Å². The van der Waals surface area contributed by atoms with Gasteiger partial charge in [0.15, 0.2) is 0 Å². The Labute approximate surface area is 183 Å². The Balaban J connectivity index is 1.79. The van der Waals surface area contributed by atoms with Crippen molar-refractivity contribution in [2.45, 2.75) is 50.4 Å². The summed E-state index contributed by atoms with van der Waals surface area (Å²) < 4.78 is 63.9. The Morgan fingerprint density at radius 3 is 2.53 bits per heavy atom. The number of hydrogen-bond acceptors (Lipinski definition) is 4. The van der Waals surface area contributed by atoms with E-state index in [1.807, 2.05) is 30.3 Å². The minimum atomic E-state index is -4.58. The molecule has 0 saturated carbocycles. The summed E-state index contributed by atoms with van der Waals surface area (Å²) >= 11 is 0. The summed E-state index contributed by atoms with van der Waals surface area (Å²) in [7, 11) is 0. The lowest BCUT2D eigenvalue weighted by atomic mass is 9.82. The standard InChI is InChI=1S/C23H26F4N2O3/c1-15(17-9-16(12-24)10-19(11-17)23(25,26)27)31-14-22(18-5-3-2-4-6-18)8-7-20(13-29-22)32-21(28)30/h2-6,9-11,15,20,29H,7-8,12-14H2,1H3,(H2,28,30)/t15?,20-,22-/m1/s1. The third-order valence-corrected chi connectivity index (χ3v) is 5.72. The van der Waals surface area contributed by atoms with Crippen LogP contribution >= 0.6 is 0 Å². The average molecular weight is 454 g/mol. The molecule has 174 valence electrons. The molecule has 1 aliphatic rings. The van der Waals surface area contributed by atoms with Gasteiger partial charge in [-0.2, -0.15) is 13.2 Å². The van der Waals surface area contributed by atoms with Gasteiger partial charge in [0.1, 0.15) is 12.8 Å². The first kappa shape index (κ1) is 24.0. The lowest BCUT2D eigenvalue weighted by Gasteiger charge is -2.41. The Morgan fingerprint density at radius 1 is 1.25 bits per heavy atom. The highest BCUT2D eigenvalue weighted by atomic mass is 19.4.